The predicted octanol–water partition coefficient (Wildman–Crippen LogP) is 7.29. The summed E-state index contributed by atoms with van der Waals surface area (Å²) in [7, 11) is 0. The van der Waals surface area contributed by atoms with Gasteiger partial charge in [0.2, 0.25) is 0 Å². The fourth-order valence-electron chi connectivity index (χ4n) is 5.38. The summed E-state index contributed by atoms with van der Waals surface area (Å²) < 4.78 is 37.1. The van der Waals surface area contributed by atoms with Gasteiger partial charge < -0.3 is 9.84 Å². The molecule has 210 valence electrons. The van der Waals surface area contributed by atoms with Gasteiger partial charge in [-0.15, -0.1) is 0 Å². The van der Waals surface area contributed by atoms with Crippen molar-refractivity contribution in [3.63, 3.8) is 0 Å². The molecule has 1 aliphatic rings. The van der Waals surface area contributed by atoms with E-state index < -0.39 is 41.3 Å². The third kappa shape index (κ3) is 5.93. The molecule has 1 heterocycles. The first-order valence-corrected chi connectivity index (χ1v) is 13.4. The Morgan fingerprint density at radius 2 is 1.88 bits per heavy atom. The molecule has 6 nitrogen and oxygen atoms in total. The highest BCUT2D eigenvalue weighted by atomic mass is 35.5. The molecule has 3 aromatic rings. The van der Waals surface area contributed by atoms with Crippen LogP contribution in [0.2, 0.25) is 10.0 Å². The lowest BCUT2D eigenvalue weighted by atomic mass is 9.63. The summed E-state index contributed by atoms with van der Waals surface area (Å²) in [6.07, 6.45) is -1.79. The molecule has 1 aliphatic heterocycles. The molecular weight excluding hydrogens is 559 g/mol. The first-order valence-electron chi connectivity index (χ1n) is 12.6. The molecule has 0 bridgehead atoms. The zero-order valence-corrected chi connectivity index (χ0v) is 23.7. The Hall–Kier alpha value is -3.22. The van der Waals surface area contributed by atoms with E-state index in [-0.39, 0.29) is 33.2 Å². The molecule has 0 aliphatic carbocycles. The average Bonchev–Trinajstić information content (AvgIpc) is 3.16. The number of benzene rings is 3. The number of nitriles is 1. The maximum Gasteiger partial charge on any atom is 0.413 e. The van der Waals surface area contributed by atoms with Gasteiger partial charge in [-0.2, -0.15) is 5.26 Å². The summed E-state index contributed by atoms with van der Waals surface area (Å²) >= 11 is 12.2. The van der Waals surface area contributed by atoms with E-state index in [9.17, 15) is 15.2 Å². The first-order chi connectivity index (χ1) is 18.9. The van der Waals surface area contributed by atoms with Gasteiger partial charge >= 0.3 is 6.09 Å². The number of rotatable bonds is 6. The summed E-state index contributed by atoms with van der Waals surface area (Å²) in [5.74, 6) is -2.74. The van der Waals surface area contributed by atoms with Crippen LogP contribution >= 0.6 is 23.2 Å². The van der Waals surface area contributed by atoms with E-state index in [0.717, 1.165) is 6.07 Å². The van der Waals surface area contributed by atoms with E-state index in [1.165, 1.54) is 30.3 Å². The molecule has 10 heteroatoms. The fourth-order valence-corrected chi connectivity index (χ4v) is 5.72. The normalized spacial score (nSPS) is 22.5. The minimum Gasteiger partial charge on any atom is -0.429 e. The Labute approximate surface area is 241 Å². The van der Waals surface area contributed by atoms with Gasteiger partial charge in [0.25, 0.3) is 0 Å². The second-order valence-corrected chi connectivity index (χ2v) is 11.9. The van der Waals surface area contributed by atoms with Crippen molar-refractivity contribution in [2.75, 3.05) is 5.32 Å². The quantitative estimate of drug-likeness (QED) is 0.281. The smallest absolute Gasteiger partial charge is 0.413 e. The number of aliphatic hydroxyl groups is 1. The second kappa shape index (κ2) is 11.7. The highest BCUT2D eigenvalue weighted by Gasteiger charge is 2.61. The summed E-state index contributed by atoms with van der Waals surface area (Å²) in [5.41, 5.74) is -1.17. The fraction of sp³-hybridized carbons (Fsp3) is 0.333. The number of nitrogens with one attached hydrogen (secondary N) is 2. The maximum absolute atomic E-state index is 15.7. The van der Waals surface area contributed by atoms with Crippen LogP contribution in [0.25, 0.3) is 0 Å². The monoisotopic (exact) mass is 587 g/mol. The number of aliphatic hydroxyl groups excluding tert-OH is 1. The van der Waals surface area contributed by atoms with Crippen molar-refractivity contribution < 1.29 is 23.4 Å². The number of anilines is 1. The van der Waals surface area contributed by atoms with Crippen molar-refractivity contribution in [2.45, 2.75) is 57.4 Å². The molecule has 1 saturated heterocycles. The van der Waals surface area contributed by atoms with Gasteiger partial charge in [0.1, 0.15) is 17.0 Å². The maximum atomic E-state index is 15.7. The van der Waals surface area contributed by atoms with Gasteiger partial charge in [0.15, 0.2) is 6.23 Å². The van der Waals surface area contributed by atoms with Crippen molar-refractivity contribution in [3.8, 4) is 6.07 Å². The summed E-state index contributed by atoms with van der Waals surface area (Å²) in [5, 5.41) is 26.0. The van der Waals surface area contributed by atoms with Crippen LogP contribution in [0.5, 0.6) is 0 Å². The van der Waals surface area contributed by atoms with Crippen LogP contribution < -0.4 is 10.6 Å². The van der Waals surface area contributed by atoms with E-state index in [0.29, 0.717) is 17.7 Å². The largest absolute Gasteiger partial charge is 0.429 e. The molecule has 4 rings (SSSR count). The van der Waals surface area contributed by atoms with Gasteiger partial charge in [0, 0.05) is 22.3 Å². The molecule has 3 aromatic carbocycles. The first kappa shape index (κ1) is 29.8. The molecule has 2 unspecified atom stereocenters. The van der Waals surface area contributed by atoms with Crippen molar-refractivity contribution in [2.24, 2.45) is 5.41 Å². The number of hydrogen-bond acceptors (Lipinski definition) is 5. The molecule has 4 atom stereocenters. The van der Waals surface area contributed by atoms with Crippen LogP contribution in [0, 0.1) is 28.4 Å². The number of amides is 1. The molecule has 3 N–H and O–H groups in total. The van der Waals surface area contributed by atoms with Crippen LogP contribution in [-0.4, -0.2) is 23.5 Å². The van der Waals surface area contributed by atoms with Crippen LogP contribution in [0.3, 0.4) is 0 Å². The van der Waals surface area contributed by atoms with E-state index in [2.05, 4.69) is 16.7 Å². The van der Waals surface area contributed by atoms with E-state index >= 15 is 8.78 Å². The van der Waals surface area contributed by atoms with E-state index in [4.69, 9.17) is 27.9 Å². The molecule has 1 amide bonds. The van der Waals surface area contributed by atoms with Crippen molar-refractivity contribution >= 4 is 35.0 Å². The van der Waals surface area contributed by atoms with E-state index in [1.807, 2.05) is 20.8 Å². The number of ether oxygens (including phenoxy) is 1. The minimum absolute atomic E-state index is 0.00678. The number of halogens is 4. The highest BCUT2D eigenvalue weighted by molar-refractivity contribution is 6.31. The summed E-state index contributed by atoms with van der Waals surface area (Å²) in [6.45, 7) is 5.65. The van der Waals surface area contributed by atoms with Gasteiger partial charge in [-0.05, 0) is 53.3 Å². The number of hydrogen-bond donors (Lipinski definition) is 3. The molecule has 0 radical (unpaired) electrons. The average molecular weight is 588 g/mol. The van der Waals surface area contributed by atoms with Gasteiger partial charge in [-0.1, -0.05) is 74.3 Å². The Bertz CT molecular complexity index is 1460. The third-order valence-corrected chi connectivity index (χ3v) is 7.52. The zero-order chi connectivity index (χ0) is 29.2. The topological polar surface area (TPSA) is 94.4 Å². The Balaban J connectivity index is 1.87. The molecule has 0 saturated carbocycles. The molecule has 40 heavy (non-hydrogen) atoms. The number of nitrogens with zero attached hydrogens (tertiary/aromatic N) is 1. The van der Waals surface area contributed by atoms with Crippen molar-refractivity contribution in [1.82, 2.24) is 5.32 Å². The Kier molecular flexibility index (Phi) is 8.72. The van der Waals surface area contributed by atoms with Gasteiger partial charge in [-0.25, -0.2) is 13.6 Å². The van der Waals surface area contributed by atoms with Crippen LogP contribution in [0.4, 0.5) is 19.3 Å². The zero-order valence-electron chi connectivity index (χ0n) is 22.1. The van der Waals surface area contributed by atoms with Crippen LogP contribution in [0.1, 0.15) is 49.8 Å². The lowest BCUT2D eigenvalue weighted by Crippen LogP contribution is -2.44. The van der Waals surface area contributed by atoms with Crippen molar-refractivity contribution in [3.05, 3.63) is 99.0 Å². The van der Waals surface area contributed by atoms with Gasteiger partial charge in [0.05, 0.1) is 23.6 Å². The van der Waals surface area contributed by atoms with E-state index in [1.54, 1.807) is 24.3 Å². The summed E-state index contributed by atoms with van der Waals surface area (Å²) in [6, 6.07) is 16.4. The number of carbonyl (C=O) groups excluding carboxylic acids is 1. The highest BCUT2D eigenvalue weighted by Crippen LogP contribution is 2.53. The minimum atomic E-state index is -1.73. The van der Waals surface area contributed by atoms with Gasteiger partial charge in [-0.3, -0.25) is 10.6 Å². The molecule has 0 aromatic heterocycles. The standard InChI is InChI=1S/C30H29Cl2F2N3O3/c1-29(2,3)14-24-30(16-35,21-11-10-18(31)13-23(21)33)25(20-8-5-9-22(32)26(20)34)27(37-24)40-28(39)36-19-7-4-6-17(12-19)15-38/h4-13,24-25,27,37-38H,14-15H2,1-3H3,(H,36,39)/t24-,25?,27+,30?/m0/s1. The molecular formula is C30H29Cl2F2N3O3. The molecule has 0 spiro atoms. The van der Waals surface area contributed by atoms with Crippen LogP contribution in [-0.2, 0) is 16.8 Å². The second-order valence-electron chi connectivity index (χ2n) is 11.0. The SMILES string of the molecule is CC(C)(C)C[C@@H]1N[C@H](OC(=O)Nc2cccc(CO)c2)C(c2cccc(Cl)c2F)C1(C#N)c1ccc(Cl)cc1F. The predicted molar refractivity (Wildman–Crippen MR) is 150 cm³/mol. The lowest BCUT2D eigenvalue weighted by Gasteiger charge is -2.37. The summed E-state index contributed by atoms with van der Waals surface area (Å²) in [4.78, 5) is 13.1. The third-order valence-electron chi connectivity index (χ3n) is 6.99. The Morgan fingerprint density at radius 3 is 2.52 bits per heavy atom. The molecule has 1 fully saturated rings. The van der Waals surface area contributed by atoms with Crippen molar-refractivity contribution in [1.29, 1.82) is 5.26 Å². The lowest BCUT2D eigenvalue weighted by molar-refractivity contribution is 0.0851. The van der Waals surface area contributed by atoms with Crippen LogP contribution in [0.15, 0.2) is 60.7 Å². The number of carbonyl (C=O) groups is 1. The Morgan fingerprint density at radius 1 is 1.15 bits per heavy atom.